The molecule has 0 radical (unpaired) electrons. The van der Waals surface area contributed by atoms with Gasteiger partial charge in [0.15, 0.2) is 0 Å². The lowest BCUT2D eigenvalue weighted by atomic mass is 9.81. The molecule has 0 saturated heterocycles. The molecule has 0 fully saturated rings. The molecule has 0 amide bonds. The molecule has 1 nitrogen and oxygen atoms in total. The van der Waals surface area contributed by atoms with Crippen LogP contribution in [0.4, 0.5) is 0 Å². The van der Waals surface area contributed by atoms with Crippen LogP contribution in [-0.2, 0) is 0 Å². The summed E-state index contributed by atoms with van der Waals surface area (Å²) in [6.45, 7) is 13.2. The number of rotatable bonds is 11. The minimum absolute atomic E-state index is 0.745. The molecule has 0 bridgehead atoms. The lowest BCUT2D eigenvalue weighted by Gasteiger charge is -2.37. The van der Waals surface area contributed by atoms with Gasteiger partial charge in [0.25, 0.3) is 0 Å². The summed E-state index contributed by atoms with van der Waals surface area (Å²) < 4.78 is 0. The van der Waals surface area contributed by atoms with Crippen molar-refractivity contribution in [3.8, 4) is 0 Å². The van der Waals surface area contributed by atoms with Gasteiger partial charge in [-0.1, -0.05) is 45.6 Å². The average molecular weight is 268 g/mol. The van der Waals surface area contributed by atoms with E-state index in [4.69, 9.17) is 0 Å². The molecule has 0 aromatic rings. The maximum Gasteiger partial charge on any atom is 0.0143 e. The van der Waals surface area contributed by atoms with Crippen molar-refractivity contribution < 1.29 is 0 Å². The van der Waals surface area contributed by atoms with Gasteiger partial charge in [0, 0.05) is 6.04 Å². The van der Waals surface area contributed by atoms with E-state index in [1.165, 1.54) is 50.5 Å². The summed E-state index contributed by atoms with van der Waals surface area (Å²) in [6, 6.07) is 0.745. The van der Waals surface area contributed by atoms with E-state index >= 15 is 0 Å². The summed E-state index contributed by atoms with van der Waals surface area (Å²) in [5, 5.41) is 0. The predicted molar refractivity (Wildman–Crippen MR) is 88.6 cm³/mol. The fraction of sp³-hybridized carbons (Fsp3) is 0.889. The molecule has 0 aromatic carbocycles. The SMILES string of the molecule is C=C(C)CCCCC(CCC)C(C(C)CC)N(C)C. The molecule has 3 unspecified atom stereocenters. The zero-order chi connectivity index (χ0) is 14.8. The van der Waals surface area contributed by atoms with Crippen molar-refractivity contribution in [2.45, 2.75) is 78.7 Å². The minimum atomic E-state index is 0.745. The normalized spacial score (nSPS) is 16.4. The predicted octanol–water partition coefficient (Wildman–Crippen LogP) is 5.52. The van der Waals surface area contributed by atoms with Crippen LogP contribution >= 0.6 is 0 Å². The first-order chi connectivity index (χ1) is 8.93. The van der Waals surface area contributed by atoms with Gasteiger partial charge in [-0.05, 0) is 58.5 Å². The number of hydrogen-bond donors (Lipinski definition) is 0. The zero-order valence-corrected chi connectivity index (χ0v) is 14.3. The maximum absolute atomic E-state index is 4.00. The van der Waals surface area contributed by atoms with Crippen molar-refractivity contribution in [2.75, 3.05) is 14.1 Å². The van der Waals surface area contributed by atoms with Gasteiger partial charge >= 0.3 is 0 Å². The third kappa shape index (κ3) is 7.77. The molecule has 0 aliphatic heterocycles. The molecule has 0 saturated carbocycles. The van der Waals surface area contributed by atoms with Crippen LogP contribution in [0.1, 0.15) is 72.6 Å². The number of hydrogen-bond acceptors (Lipinski definition) is 1. The van der Waals surface area contributed by atoms with Crippen molar-refractivity contribution in [1.29, 1.82) is 0 Å². The van der Waals surface area contributed by atoms with Gasteiger partial charge in [0.1, 0.15) is 0 Å². The first kappa shape index (κ1) is 18.7. The monoisotopic (exact) mass is 267 g/mol. The van der Waals surface area contributed by atoms with Gasteiger partial charge in [-0.25, -0.2) is 0 Å². The highest BCUT2D eigenvalue weighted by molar-refractivity contribution is 4.87. The molecule has 0 heterocycles. The van der Waals surface area contributed by atoms with Gasteiger partial charge in [-0.3, -0.25) is 0 Å². The summed E-state index contributed by atoms with van der Waals surface area (Å²) in [5.74, 6) is 1.66. The Bertz CT molecular complexity index is 232. The summed E-state index contributed by atoms with van der Waals surface area (Å²) >= 11 is 0. The Morgan fingerprint density at radius 3 is 2.16 bits per heavy atom. The van der Waals surface area contributed by atoms with Crippen LogP contribution in [0.25, 0.3) is 0 Å². The van der Waals surface area contributed by atoms with Gasteiger partial charge in [0.2, 0.25) is 0 Å². The third-order valence-electron chi connectivity index (χ3n) is 4.39. The fourth-order valence-electron chi connectivity index (χ4n) is 3.33. The second-order valence-corrected chi connectivity index (χ2v) is 6.59. The van der Waals surface area contributed by atoms with E-state index in [1.54, 1.807) is 0 Å². The van der Waals surface area contributed by atoms with Crippen LogP contribution < -0.4 is 0 Å². The second-order valence-electron chi connectivity index (χ2n) is 6.59. The van der Waals surface area contributed by atoms with Crippen molar-refractivity contribution in [3.05, 3.63) is 12.2 Å². The Balaban J connectivity index is 4.43. The standard InChI is InChI=1S/C18H37N/c1-8-12-17(14-11-10-13-15(3)4)18(19(6)7)16(5)9-2/h16-18H,3,8-14H2,1-2,4-7H3. The highest BCUT2D eigenvalue weighted by Crippen LogP contribution is 2.28. The minimum Gasteiger partial charge on any atom is -0.306 e. The van der Waals surface area contributed by atoms with E-state index < -0.39 is 0 Å². The molecule has 1 heteroatoms. The fourth-order valence-corrected chi connectivity index (χ4v) is 3.33. The number of nitrogens with zero attached hydrogens (tertiary/aromatic N) is 1. The molecule has 0 spiro atoms. The van der Waals surface area contributed by atoms with Crippen LogP contribution in [0.15, 0.2) is 12.2 Å². The smallest absolute Gasteiger partial charge is 0.0143 e. The van der Waals surface area contributed by atoms with Crippen LogP contribution in [0.3, 0.4) is 0 Å². The second kappa shape index (κ2) is 10.5. The zero-order valence-electron chi connectivity index (χ0n) is 14.3. The van der Waals surface area contributed by atoms with E-state index in [0.717, 1.165) is 17.9 Å². The third-order valence-corrected chi connectivity index (χ3v) is 4.39. The van der Waals surface area contributed by atoms with E-state index in [0.29, 0.717) is 0 Å². The highest BCUT2D eigenvalue weighted by atomic mass is 15.1. The molecule has 3 atom stereocenters. The first-order valence-electron chi connectivity index (χ1n) is 8.24. The van der Waals surface area contributed by atoms with Gasteiger partial charge in [-0.2, -0.15) is 0 Å². The average Bonchev–Trinajstić information content (AvgIpc) is 2.33. The number of allylic oxidation sites excluding steroid dienone is 1. The topological polar surface area (TPSA) is 3.24 Å². The molecule has 0 aliphatic carbocycles. The molecular formula is C18H37N. The van der Waals surface area contributed by atoms with E-state index in [9.17, 15) is 0 Å². The molecule has 0 aliphatic rings. The Hall–Kier alpha value is -0.300. The van der Waals surface area contributed by atoms with E-state index in [-0.39, 0.29) is 0 Å². The maximum atomic E-state index is 4.00. The van der Waals surface area contributed by atoms with Crippen LogP contribution in [0.2, 0.25) is 0 Å². The van der Waals surface area contributed by atoms with E-state index in [2.05, 4.69) is 53.3 Å². The molecular weight excluding hydrogens is 230 g/mol. The highest BCUT2D eigenvalue weighted by Gasteiger charge is 2.26. The summed E-state index contributed by atoms with van der Waals surface area (Å²) in [6.07, 6.45) is 9.23. The van der Waals surface area contributed by atoms with Crippen molar-refractivity contribution >= 4 is 0 Å². The lowest BCUT2D eigenvalue weighted by molar-refractivity contribution is 0.130. The lowest BCUT2D eigenvalue weighted by Crippen LogP contribution is -2.40. The number of unbranched alkanes of at least 4 members (excludes halogenated alkanes) is 1. The molecule has 0 aromatic heterocycles. The van der Waals surface area contributed by atoms with Crippen LogP contribution in [0, 0.1) is 11.8 Å². The Morgan fingerprint density at radius 1 is 1.11 bits per heavy atom. The van der Waals surface area contributed by atoms with Crippen LogP contribution in [0.5, 0.6) is 0 Å². The van der Waals surface area contributed by atoms with Gasteiger partial charge < -0.3 is 4.90 Å². The van der Waals surface area contributed by atoms with Gasteiger partial charge in [0.05, 0.1) is 0 Å². The Kier molecular flexibility index (Phi) is 10.3. The Morgan fingerprint density at radius 2 is 1.74 bits per heavy atom. The van der Waals surface area contributed by atoms with Crippen molar-refractivity contribution in [3.63, 3.8) is 0 Å². The first-order valence-corrected chi connectivity index (χ1v) is 8.24. The molecule has 19 heavy (non-hydrogen) atoms. The van der Waals surface area contributed by atoms with E-state index in [1.807, 2.05) is 0 Å². The summed E-state index contributed by atoms with van der Waals surface area (Å²) in [7, 11) is 4.51. The van der Waals surface area contributed by atoms with Crippen molar-refractivity contribution in [1.82, 2.24) is 4.90 Å². The Labute approximate surface area is 122 Å². The van der Waals surface area contributed by atoms with Crippen LogP contribution in [-0.4, -0.2) is 25.0 Å². The van der Waals surface area contributed by atoms with Crippen molar-refractivity contribution in [2.24, 2.45) is 11.8 Å². The molecule has 0 N–H and O–H groups in total. The quantitative estimate of drug-likeness (QED) is 0.352. The molecule has 114 valence electrons. The molecule has 0 rings (SSSR count). The van der Waals surface area contributed by atoms with Gasteiger partial charge in [-0.15, -0.1) is 6.58 Å². The summed E-state index contributed by atoms with van der Waals surface area (Å²) in [4.78, 5) is 2.47. The summed E-state index contributed by atoms with van der Waals surface area (Å²) in [5.41, 5.74) is 1.33. The largest absolute Gasteiger partial charge is 0.306 e.